The summed E-state index contributed by atoms with van der Waals surface area (Å²) in [5, 5.41) is 8.23. The van der Waals surface area contributed by atoms with Crippen LogP contribution in [-0.2, 0) is 23.0 Å². The van der Waals surface area contributed by atoms with Gasteiger partial charge in [-0.3, -0.25) is 14.4 Å². The Morgan fingerprint density at radius 3 is 2.29 bits per heavy atom. The van der Waals surface area contributed by atoms with Gasteiger partial charge in [-0.1, -0.05) is 66.7 Å². The quantitative estimate of drug-likeness (QED) is 0.311. The first-order valence-electron chi connectivity index (χ1n) is 10.8. The summed E-state index contributed by atoms with van der Waals surface area (Å²) in [7, 11) is 1.92. The highest BCUT2D eigenvalue weighted by Gasteiger charge is 2.23. The van der Waals surface area contributed by atoms with Crippen LogP contribution in [0.1, 0.15) is 16.1 Å². The third-order valence-electron chi connectivity index (χ3n) is 5.88. The van der Waals surface area contributed by atoms with E-state index in [9.17, 15) is 14.4 Å². The smallest absolute Gasteiger partial charge is 0.312 e. The number of aromatic amines is 1. The number of Topliss-reactive ketones (excluding diaryl/α,β-unsaturated/α-hetero) is 1. The second-order valence-electron chi connectivity index (χ2n) is 7.97. The molecule has 0 fully saturated rings. The van der Waals surface area contributed by atoms with Gasteiger partial charge in [-0.05, 0) is 17.7 Å². The molecule has 0 aliphatic carbocycles. The standard InChI is InChI=1S/C27H21N3O4/c1-30-22-14-8-7-13-20(22)25(26(30)17-9-3-2-4-10-17)23(31)16-34-24(32)15-21-18-11-5-6-12-19(18)27(33)29-28-21/h2-14H,15-16H2,1H3,(H,29,33). The molecule has 0 aliphatic heterocycles. The lowest BCUT2D eigenvalue weighted by atomic mass is 10.0. The Labute approximate surface area is 194 Å². The lowest BCUT2D eigenvalue weighted by Gasteiger charge is -2.09. The maximum atomic E-state index is 13.3. The number of benzene rings is 3. The maximum absolute atomic E-state index is 13.3. The summed E-state index contributed by atoms with van der Waals surface area (Å²) in [5.41, 5.74) is 3.18. The third-order valence-corrected chi connectivity index (χ3v) is 5.88. The van der Waals surface area contributed by atoms with Gasteiger partial charge in [0.1, 0.15) is 0 Å². The van der Waals surface area contributed by atoms with E-state index in [1.165, 1.54) is 0 Å². The van der Waals surface area contributed by atoms with E-state index < -0.39 is 12.6 Å². The molecule has 0 aliphatic rings. The largest absolute Gasteiger partial charge is 0.457 e. The highest BCUT2D eigenvalue weighted by molar-refractivity contribution is 6.14. The van der Waals surface area contributed by atoms with Crippen molar-refractivity contribution in [3.8, 4) is 11.3 Å². The minimum Gasteiger partial charge on any atom is -0.457 e. The van der Waals surface area contributed by atoms with Crippen molar-refractivity contribution in [2.24, 2.45) is 7.05 Å². The van der Waals surface area contributed by atoms with Crippen LogP contribution < -0.4 is 5.56 Å². The summed E-state index contributed by atoms with van der Waals surface area (Å²) in [6.07, 6.45) is -0.161. The lowest BCUT2D eigenvalue weighted by molar-refractivity contribution is -0.141. The molecule has 0 saturated heterocycles. The molecule has 1 N–H and O–H groups in total. The average molecular weight is 451 g/mol. The molecule has 34 heavy (non-hydrogen) atoms. The molecule has 5 rings (SSSR count). The normalized spacial score (nSPS) is 11.1. The zero-order valence-electron chi connectivity index (χ0n) is 18.4. The van der Waals surface area contributed by atoms with Crippen molar-refractivity contribution in [2.45, 2.75) is 6.42 Å². The Hall–Kier alpha value is -4.52. The van der Waals surface area contributed by atoms with Crippen molar-refractivity contribution < 1.29 is 14.3 Å². The summed E-state index contributed by atoms with van der Waals surface area (Å²) >= 11 is 0. The minimum atomic E-state index is -0.598. The van der Waals surface area contributed by atoms with Gasteiger partial charge in [0.25, 0.3) is 5.56 Å². The SMILES string of the molecule is Cn1c(-c2ccccc2)c(C(=O)COC(=O)Cc2n[nH]c(=O)c3ccccc23)c2ccccc21. The molecule has 0 saturated carbocycles. The minimum absolute atomic E-state index is 0.161. The van der Waals surface area contributed by atoms with Gasteiger partial charge >= 0.3 is 5.97 Å². The Morgan fingerprint density at radius 1 is 0.882 bits per heavy atom. The van der Waals surface area contributed by atoms with Gasteiger partial charge in [0.05, 0.1) is 28.8 Å². The van der Waals surface area contributed by atoms with E-state index in [-0.39, 0.29) is 17.8 Å². The van der Waals surface area contributed by atoms with Crippen LogP contribution in [0.5, 0.6) is 0 Å². The number of fused-ring (bicyclic) bond motifs is 2. The van der Waals surface area contributed by atoms with Gasteiger partial charge in [-0.15, -0.1) is 0 Å². The molecule has 0 spiro atoms. The van der Waals surface area contributed by atoms with Gasteiger partial charge in [-0.25, -0.2) is 5.10 Å². The van der Waals surface area contributed by atoms with Crippen LogP contribution in [0.15, 0.2) is 83.7 Å². The molecule has 168 valence electrons. The topological polar surface area (TPSA) is 94.0 Å². The second kappa shape index (κ2) is 8.78. The van der Waals surface area contributed by atoms with Crippen LogP contribution in [0.4, 0.5) is 0 Å². The van der Waals surface area contributed by atoms with Gasteiger partial charge in [0, 0.05) is 23.3 Å². The number of H-pyrrole nitrogens is 1. The summed E-state index contributed by atoms with van der Waals surface area (Å²) in [4.78, 5) is 37.9. The molecule has 2 aromatic heterocycles. The number of aryl methyl sites for hydroxylation is 1. The number of carbonyl (C=O) groups excluding carboxylic acids is 2. The molecule has 0 radical (unpaired) electrons. The monoisotopic (exact) mass is 451 g/mol. The van der Waals surface area contributed by atoms with Crippen molar-refractivity contribution in [1.82, 2.24) is 14.8 Å². The number of hydrogen-bond acceptors (Lipinski definition) is 5. The molecule has 2 heterocycles. The van der Waals surface area contributed by atoms with E-state index in [2.05, 4.69) is 10.2 Å². The van der Waals surface area contributed by atoms with E-state index in [4.69, 9.17) is 4.74 Å². The molecular formula is C27H21N3O4. The van der Waals surface area contributed by atoms with Crippen molar-refractivity contribution in [1.29, 1.82) is 0 Å². The fraction of sp³-hybridized carbons (Fsp3) is 0.111. The van der Waals surface area contributed by atoms with Crippen molar-refractivity contribution in [3.05, 3.63) is 100 Å². The Morgan fingerprint density at radius 2 is 1.53 bits per heavy atom. The lowest BCUT2D eigenvalue weighted by Crippen LogP contribution is -2.18. The molecular weight excluding hydrogens is 430 g/mol. The number of rotatable bonds is 6. The number of hydrogen-bond donors (Lipinski definition) is 1. The van der Waals surface area contributed by atoms with Gasteiger partial charge in [-0.2, -0.15) is 5.10 Å². The molecule has 0 atom stereocenters. The van der Waals surface area contributed by atoms with Gasteiger partial charge < -0.3 is 9.30 Å². The number of ether oxygens (including phenoxy) is 1. The summed E-state index contributed by atoms with van der Waals surface area (Å²) in [6, 6.07) is 24.2. The van der Waals surface area contributed by atoms with Crippen LogP contribution in [0.25, 0.3) is 32.9 Å². The maximum Gasteiger partial charge on any atom is 0.312 e. The number of ketones is 1. The fourth-order valence-electron chi connectivity index (χ4n) is 4.32. The third kappa shape index (κ3) is 3.77. The molecule has 7 heteroatoms. The highest BCUT2D eigenvalue weighted by atomic mass is 16.5. The van der Waals surface area contributed by atoms with Crippen molar-refractivity contribution in [2.75, 3.05) is 6.61 Å². The number of nitrogens with zero attached hydrogens (tertiary/aromatic N) is 2. The number of aromatic nitrogens is 3. The predicted octanol–water partition coefficient (Wildman–Crippen LogP) is 4.05. The summed E-state index contributed by atoms with van der Waals surface area (Å²) in [6.45, 7) is -0.395. The molecule has 7 nitrogen and oxygen atoms in total. The number of nitrogens with one attached hydrogen (secondary N) is 1. The molecule has 3 aromatic carbocycles. The van der Waals surface area contributed by atoms with Crippen molar-refractivity contribution in [3.63, 3.8) is 0 Å². The first kappa shape index (κ1) is 21.3. The van der Waals surface area contributed by atoms with E-state index in [0.717, 1.165) is 22.2 Å². The van der Waals surface area contributed by atoms with Crippen LogP contribution >= 0.6 is 0 Å². The fourth-order valence-corrected chi connectivity index (χ4v) is 4.32. The number of esters is 1. The molecule has 0 amide bonds. The highest BCUT2D eigenvalue weighted by Crippen LogP contribution is 2.33. The predicted molar refractivity (Wildman–Crippen MR) is 130 cm³/mol. The Kier molecular flexibility index (Phi) is 5.51. The Bertz CT molecular complexity index is 1600. The summed E-state index contributed by atoms with van der Waals surface area (Å²) in [5.74, 6) is -0.886. The first-order valence-corrected chi connectivity index (χ1v) is 10.8. The van der Waals surface area contributed by atoms with Crippen LogP contribution in [-0.4, -0.2) is 33.1 Å². The van der Waals surface area contributed by atoms with Crippen molar-refractivity contribution >= 4 is 33.4 Å². The zero-order valence-corrected chi connectivity index (χ0v) is 18.4. The zero-order chi connectivity index (χ0) is 23.7. The van der Waals surface area contributed by atoms with Crippen LogP contribution in [0.2, 0.25) is 0 Å². The number of para-hydroxylation sites is 1. The Balaban J connectivity index is 1.42. The number of carbonyl (C=O) groups is 2. The van der Waals surface area contributed by atoms with E-state index in [1.807, 2.05) is 66.2 Å². The summed E-state index contributed by atoms with van der Waals surface area (Å²) < 4.78 is 7.34. The van der Waals surface area contributed by atoms with Crippen LogP contribution in [0, 0.1) is 0 Å². The van der Waals surface area contributed by atoms with E-state index in [1.54, 1.807) is 24.3 Å². The molecule has 0 unspecified atom stereocenters. The van der Waals surface area contributed by atoms with E-state index in [0.29, 0.717) is 22.0 Å². The van der Waals surface area contributed by atoms with E-state index >= 15 is 0 Å². The van der Waals surface area contributed by atoms with Gasteiger partial charge in [0.2, 0.25) is 5.78 Å². The first-order chi connectivity index (χ1) is 16.5. The second-order valence-corrected chi connectivity index (χ2v) is 7.97. The van der Waals surface area contributed by atoms with Gasteiger partial charge in [0.15, 0.2) is 6.61 Å². The molecule has 0 bridgehead atoms. The average Bonchev–Trinajstić information content (AvgIpc) is 3.17. The van der Waals surface area contributed by atoms with Crippen LogP contribution in [0.3, 0.4) is 0 Å². The molecule has 5 aromatic rings.